The van der Waals surface area contributed by atoms with Crippen LogP contribution in [0.2, 0.25) is 0 Å². The standard InChI is InChI=1S/C17H20BrN3O2.2ClH/c18-14-6-2-1-5-13(14)15-11-21-17(23-15)8-7-16(22)20-10-12-4-3-9-19-12;;/h1-2,5-6,11-12,19H,3-4,7-10H2,(H,20,22);2*1H. The first-order chi connectivity index (χ1) is 11.2. The Morgan fingerprint density at radius 3 is 2.88 bits per heavy atom. The molecule has 25 heavy (non-hydrogen) atoms. The van der Waals surface area contributed by atoms with E-state index in [1.54, 1.807) is 6.20 Å². The molecule has 8 heteroatoms. The van der Waals surface area contributed by atoms with E-state index < -0.39 is 0 Å². The lowest BCUT2D eigenvalue weighted by atomic mass is 10.2. The fourth-order valence-electron chi connectivity index (χ4n) is 2.69. The number of hydrogen-bond acceptors (Lipinski definition) is 4. The molecule has 1 saturated heterocycles. The highest BCUT2D eigenvalue weighted by Crippen LogP contribution is 2.28. The summed E-state index contributed by atoms with van der Waals surface area (Å²) in [4.78, 5) is 16.2. The summed E-state index contributed by atoms with van der Waals surface area (Å²) in [6.07, 6.45) is 4.93. The Labute approximate surface area is 168 Å². The van der Waals surface area contributed by atoms with Gasteiger partial charge >= 0.3 is 0 Å². The molecule has 1 aromatic carbocycles. The van der Waals surface area contributed by atoms with Gasteiger partial charge in [0, 0.05) is 35.5 Å². The van der Waals surface area contributed by atoms with Crippen molar-refractivity contribution in [2.75, 3.05) is 13.1 Å². The molecular weight excluding hydrogens is 429 g/mol. The van der Waals surface area contributed by atoms with Gasteiger partial charge in [0.25, 0.3) is 0 Å². The minimum Gasteiger partial charge on any atom is -0.441 e. The van der Waals surface area contributed by atoms with Gasteiger partial charge in [-0.25, -0.2) is 4.98 Å². The van der Waals surface area contributed by atoms with E-state index in [1.807, 2.05) is 24.3 Å². The molecule has 1 aromatic heterocycles. The first kappa shape index (κ1) is 22.0. The minimum absolute atomic E-state index is 0. The summed E-state index contributed by atoms with van der Waals surface area (Å²) in [5, 5.41) is 6.33. The Kier molecular flexibility index (Phi) is 9.50. The molecule has 2 heterocycles. The average molecular weight is 451 g/mol. The molecule has 2 N–H and O–H groups in total. The van der Waals surface area contributed by atoms with Crippen molar-refractivity contribution in [3.63, 3.8) is 0 Å². The largest absolute Gasteiger partial charge is 0.441 e. The van der Waals surface area contributed by atoms with Crippen LogP contribution >= 0.6 is 40.7 Å². The monoisotopic (exact) mass is 449 g/mol. The van der Waals surface area contributed by atoms with Gasteiger partial charge in [0.05, 0.1) is 6.20 Å². The Bertz CT molecular complexity index is 675. The molecule has 1 aliphatic heterocycles. The van der Waals surface area contributed by atoms with Crippen molar-refractivity contribution < 1.29 is 9.21 Å². The third kappa shape index (κ3) is 6.29. The van der Waals surface area contributed by atoms with Crippen LogP contribution in [0.1, 0.15) is 25.2 Å². The number of aryl methyl sites for hydroxylation is 1. The Morgan fingerprint density at radius 1 is 1.36 bits per heavy atom. The molecule has 5 nitrogen and oxygen atoms in total. The molecule has 1 amide bonds. The number of benzene rings is 1. The minimum atomic E-state index is 0. The van der Waals surface area contributed by atoms with Crippen molar-refractivity contribution >= 4 is 46.7 Å². The van der Waals surface area contributed by atoms with E-state index in [2.05, 4.69) is 31.5 Å². The summed E-state index contributed by atoms with van der Waals surface area (Å²) in [6, 6.07) is 8.25. The van der Waals surface area contributed by atoms with Crippen LogP contribution in [0.15, 0.2) is 39.4 Å². The van der Waals surface area contributed by atoms with E-state index in [0.717, 1.165) is 23.0 Å². The van der Waals surface area contributed by atoms with Gasteiger partial charge in [-0.15, -0.1) is 24.8 Å². The lowest BCUT2D eigenvalue weighted by Crippen LogP contribution is -2.37. The summed E-state index contributed by atoms with van der Waals surface area (Å²) < 4.78 is 6.71. The Morgan fingerprint density at radius 2 is 2.16 bits per heavy atom. The van der Waals surface area contributed by atoms with Crippen LogP contribution in [0.25, 0.3) is 11.3 Å². The fraction of sp³-hybridized carbons (Fsp3) is 0.412. The van der Waals surface area contributed by atoms with Crippen molar-refractivity contribution in [2.24, 2.45) is 0 Å². The van der Waals surface area contributed by atoms with Crippen molar-refractivity contribution in [1.82, 2.24) is 15.6 Å². The van der Waals surface area contributed by atoms with Gasteiger partial charge in [-0.2, -0.15) is 0 Å². The van der Waals surface area contributed by atoms with Crippen molar-refractivity contribution in [3.8, 4) is 11.3 Å². The predicted octanol–water partition coefficient (Wildman–Crippen LogP) is 3.75. The molecule has 1 atom stereocenters. The number of carbonyl (C=O) groups is 1. The number of oxazole rings is 1. The van der Waals surface area contributed by atoms with Gasteiger partial charge in [-0.3, -0.25) is 4.79 Å². The van der Waals surface area contributed by atoms with Gasteiger partial charge < -0.3 is 15.1 Å². The molecule has 0 spiro atoms. The highest BCUT2D eigenvalue weighted by Gasteiger charge is 2.15. The van der Waals surface area contributed by atoms with Crippen LogP contribution < -0.4 is 10.6 Å². The van der Waals surface area contributed by atoms with Gasteiger partial charge in [0.15, 0.2) is 11.7 Å². The number of rotatable bonds is 6. The number of halogens is 3. The number of amides is 1. The maximum absolute atomic E-state index is 11.9. The maximum Gasteiger partial charge on any atom is 0.220 e. The van der Waals surface area contributed by atoms with E-state index in [1.165, 1.54) is 6.42 Å². The molecule has 138 valence electrons. The van der Waals surface area contributed by atoms with Crippen LogP contribution in [0.3, 0.4) is 0 Å². The van der Waals surface area contributed by atoms with Gasteiger partial charge in [-0.1, -0.05) is 34.1 Å². The average Bonchev–Trinajstić information content (AvgIpc) is 3.23. The third-order valence-corrected chi connectivity index (χ3v) is 4.66. The lowest BCUT2D eigenvalue weighted by molar-refractivity contribution is -0.121. The molecule has 0 aliphatic carbocycles. The molecule has 1 unspecified atom stereocenters. The highest BCUT2D eigenvalue weighted by molar-refractivity contribution is 9.10. The molecule has 0 radical (unpaired) electrons. The predicted molar refractivity (Wildman–Crippen MR) is 106 cm³/mol. The molecule has 0 bridgehead atoms. The van der Waals surface area contributed by atoms with E-state index in [-0.39, 0.29) is 30.7 Å². The summed E-state index contributed by atoms with van der Waals surface area (Å²) in [7, 11) is 0. The van der Waals surface area contributed by atoms with Crippen LogP contribution in [0.4, 0.5) is 0 Å². The first-order valence-electron chi connectivity index (χ1n) is 7.92. The third-order valence-electron chi connectivity index (χ3n) is 3.97. The molecule has 3 rings (SSSR count). The normalized spacial score (nSPS) is 16.0. The summed E-state index contributed by atoms with van der Waals surface area (Å²) >= 11 is 3.50. The second-order valence-electron chi connectivity index (χ2n) is 5.70. The molecular formula is C17H22BrCl2N3O2. The van der Waals surface area contributed by atoms with Crippen molar-refractivity contribution in [2.45, 2.75) is 31.7 Å². The molecule has 2 aromatic rings. The van der Waals surface area contributed by atoms with Gasteiger partial charge in [0.1, 0.15) is 0 Å². The Hall–Kier alpha value is -1.08. The molecule has 1 fully saturated rings. The maximum atomic E-state index is 11.9. The van der Waals surface area contributed by atoms with Crippen LogP contribution in [-0.2, 0) is 11.2 Å². The number of aromatic nitrogens is 1. The Balaban J connectivity index is 0.00000156. The first-order valence-corrected chi connectivity index (χ1v) is 8.71. The van der Waals surface area contributed by atoms with E-state index in [4.69, 9.17) is 4.42 Å². The van der Waals surface area contributed by atoms with Crippen molar-refractivity contribution in [3.05, 3.63) is 40.8 Å². The SMILES string of the molecule is Cl.Cl.O=C(CCc1ncc(-c2ccccc2Br)o1)NCC1CCCN1. The number of carbonyl (C=O) groups excluding carboxylic acids is 1. The zero-order chi connectivity index (χ0) is 16.1. The molecule has 0 saturated carbocycles. The summed E-state index contributed by atoms with van der Waals surface area (Å²) in [6.45, 7) is 1.75. The second kappa shape index (κ2) is 10.8. The number of nitrogens with one attached hydrogen (secondary N) is 2. The quantitative estimate of drug-likeness (QED) is 0.703. The van der Waals surface area contributed by atoms with E-state index >= 15 is 0 Å². The highest BCUT2D eigenvalue weighted by atomic mass is 79.9. The van der Waals surface area contributed by atoms with Crippen molar-refractivity contribution in [1.29, 1.82) is 0 Å². The topological polar surface area (TPSA) is 67.2 Å². The summed E-state index contributed by atoms with van der Waals surface area (Å²) in [5.74, 6) is 1.34. The zero-order valence-corrected chi connectivity index (χ0v) is 16.9. The van der Waals surface area contributed by atoms with E-state index in [0.29, 0.717) is 37.1 Å². The van der Waals surface area contributed by atoms with Crippen LogP contribution in [-0.4, -0.2) is 30.0 Å². The second-order valence-corrected chi connectivity index (χ2v) is 6.55. The van der Waals surface area contributed by atoms with Gasteiger partial charge in [-0.05, 0) is 25.5 Å². The van der Waals surface area contributed by atoms with E-state index in [9.17, 15) is 4.79 Å². The van der Waals surface area contributed by atoms with Crippen LogP contribution in [0.5, 0.6) is 0 Å². The number of hydrogen-bond donors (Lipinski definition) is 2. The number of nitrogens with zero attached hydrogens (tertiary/aromatic N) is 1. The zero-order valence-electron chi connectivity index (χ0n) is 13.7. The van der Waals surface area contributed by atoms with Crippen LogP contribution in [0, 0.1) is 0 Å². The smallest absolute Gasteiger partial charge is 0.220 e. The fourth-order valence-corrected chi connectivity index (χ4v) is 3.17. The lowest BCUT2D eigenvalue weighted by Gasteiger charge is -2.10. The summed E-state index contributed by atoms with van der Waals surface area (Å²) in [5.41, 5.74) is 0.961. The van der Waals surface area contributed by atoms with Gasteiger partial charge in [0.2, 0.25) is 5.91 Å². The molecule has 1 aliphatic rings.